The summed E-state index contributed by atoms with van der Waals surface area (Å²) in [6.45, 7) is 4.73. The van der Waals surface area contributed by atoms with Gasteiger partial charge in [0.2, 0.25) is 5.91 Å². The van der Waals surface area contributed by atoms with Crippen LogP contribution in [0.3, 0.4) is 0 Å². The minimum atomic E-state index is 0.139. The largest absolute Gasteiger partial charge is 0.384 e. The number of ether oxygens (including phenoxy) is 1. The van der Waals surface area contributed by atoms with Gasteiger partial charge >= 0.3 is 0 Å². The van der Waals surface area contributed by atoms with Crippen molar-refractivity contribution in [2.45, 2.75) is 51.5 Å². The van der Waals surface area contributed by atoms with Gasteiger partial charge in [0.15, 0.2) is 0 Å². The fourth-order valence-electron chi connectivity index (χ4n) is 3.77. The number of methoxy groups -OCH3 is 1. The van der Waals surface area contributed by atoms with Crippen LogP contribution < -0.4 is 5.73 Å². The van der Waals surface area contributed by atoms with Gasteiger partial charge in [0.25, 0.3) is 0 Å². The monoisotopic (exact) mass is 282 g/mol. The number of nitrogens with zero attached hydrogens (tertiary/aromatic N) is 1. The van der Waals surface area contributed by atoms with Gasteiger partial charge in [-0.05, 0) is 43.9 Å². The van der Waals surface area contributed by atoms with Crippen molar-refractivity contribution in [2.75, 3.05) is 26.8 Å². The number of carbonyl (C=O) groups is 1. The molecule has 1 saturated carbocycles. The number of hydrogen-bond donors (Lipinski definition) is 1. The number of likely N-dealkylation sites (tertiary alicyclic amines) is 1. The van der Waals surface area contributed by atoms with Crippen LogP contribution in [0.5, 0.6) is 0 Å². The van der Waals surface area contributed by atoms with Gasteiger partial charge in [-0.2, -0.15) is 0 Å². The fourth-order valence-corrected chi connectivity index (χ4v) is 3.77. The Kier molecular flexibility index (Phi) is 5.85. The van der Waals surface area contributed by atoms with Crippen LogP contribution in [0.25, 0.3) is 0 Å². The maximum Gasteiger partial charge on any atom is 0.225 e. The normalized spacial score (nSPS) is 30.2. The van der Waals surface area contributed by atoms with E-state index < -0.39 is 0 Å². The summed E-state index contributed by atoms with van der Waals surface area (Å²) in [5, 5.41) is 0. The molecule has 3 unspecified atom stereocenters. The maximum absolute atomic E-state index is 12.6. The van der Waals surface area contributed by atoms with Gasteiger partial charge in [-0.25, -0.2) is 0 Å². The van der Waals surface area contributed by atoms with E-state index in [2.05, 4.69) is 11.8 Å². The van der Waals surface area contributed by atoms with Gasteiger partial charge in [0.1, 0.15) is 0 Å². The van der Waals surface area contributed by atoms with Crippen molar-refractivity contribution < 1.29 is 9.53 Å². The number of amides is 1. The van der Waals surface area contributed by atoms with Crippen LogP contribution in [0.2, 0.25) is 0 Å². The van der Waals surface area contributed by atoms with E-state index in [0.717, 1.165) is 45.4 Å². The van der Waals surface area contributed by atoms with Crippen molar-refractivity contribution in [3.05, 3.63) is 0 Å². The molecule has 2 fully saturated rings. The van der Waals surface area contributed by atoms with Crippen molar-refractivity contribution >= 4 is 5.91 Å². The number of nitrogens with two attached hydrogens (primary N) is 1. The number of carbonyl (C=O) groups excluding carboxylic acids is 1. The molecule has 3 atom stereocenters. The van der Waals surface area contributed by atoms with E-state index in [4.69, 9.17) is 10.5 Å². The van der Waals surface area contributed by atoms with Gasteiger partial charge in [0.05, 0.1) is 0 Å². The van der Waals surface area contributed by atoms with Crippen molar-refractivity contribution in [2.24, 2.45) is 23.5 Å². The van der Waals surface area contributed by atoms with Crippen molar-refractivity contribution in [3.63, 3.8) is 0 Å². The molecule has 4 heteroatoms. The molecule has 1 aliphatic carbocycles. The van der Waals surface area contributed by atoms with Gasteiger partial charge < -0.3 is 15.4 Å². The Hall–Kier alpha value is -0.610. The molecule has 1 heterocycles. The Labute approximate surface area is 123 Å². The summed E-state index contributed by atoms with van der Waals surface area (Å²) >= 11 is 0. The first-order chi connectivity index (χ1) is 9.61. The summed E-state index contributed by atoms with van der Waals surface area (Å²) in [7, 11) is 1.76. The van der Waals surface area contributed by atoms with Crippen molar-refractivity contribution in [3.8, 4) is 0 Å². The van der Waals surface area contributed by atoms with E-state index in [9.17, 15) is 4.79 Å². The zero-order valence-electron chi connectivity index (χ0n) is 13.0. The van der Waals surface area contributed by atoms with Crippen LogP contribution in [-0.2, 0) is 9.53 Å². The molecule has 4 nitrogen and oxygen atoms in total. The lowest BCUT2D eigenvalue weighted by molar-refractivity contribution is -0.138. The topological polar surface area (TPSA) is 55.6 Å². The first kappa shape index (κ1) is 15.8. The lowest BCUT2D eigenvalue weighted by atomic mass is 9.78. The third-order valence-corrected chi connectivity index (χ3v) is 5.18. The Bertz CT molecular complexity index is 314. The highest BCUT2D eigenvalue weighted by atomic mass is 16.5. The molecule has 1 saturated heterocycles. The average Bonchev–Trinajstić information content (AvgIpc) is 2.47. The molecule has 0 bridgehead atoms. The third-order valence-electron chi connectivity index (χ3n) is 5.18. The van der Waals surface area contributed by atoms with Gasteiger partial charge in [-0.3, -0.25) is 4.79 Å². The molecule has 0 aromatic rings. The van der Waals surface area contributed by atoms with E-state index in [1.807, 2.05) is 0 Å². The summed E-state index contributed by atoms with van der Waals surface area (Å²) in [5.74, 6) is 1.60. The molecule has 0 radical (unpaired) electrons. The quantitative estimate of drug-likeness (QED) is 0.858. The SMILES string of the molecule is COCC1CCN(C(=O)C(C)C2CCCC(N)C2)CC1. The minimum Gasteiger partial charge on any atom is -0.384 e. The lowest BCUT2D eigenvalue weighted by Gasteiger charge is -2.37. The van der Waals surface area contributed by atoms with Crippen LogP contribution in [0.15, 0.2) is 0 Å². The third kappa shape index (κ3) is 3.95. The van der Waals surface area contributed by atoms with Crippen LogP contribution in [0.4, 0.5) is 0 Å². The zero-order valence-corrected chi connectivity index (χ0v) is 13.0. The smallest absolute Gasteiger partial charge is 0.225 e. The minimum absolute atomic E-state index is 0.139. The highest BCUT2D eigenvalue weighted by Gasteiger charge is 2.32. The van der Waals surface area contributed by atoms with Crippen LogP contribution in [-0.4, -0.2) is 43.7 Å². The second kappa shape index (κ2) is 7.41. The van der Waals surface area contributed by atoms with Crippen LogP contribution in [0.1, 0.15) is 45.4 Å². The molecular weight excluding hydrogens is 252 g/mol. The summed E-state index contributed by atoms with van der Waals surface area (Å²) in [4.78, 5) is 14.7. The molecule has 2 N–H and O–H groups in total. The summed E-state index contributed by atoms with van der Waals surface area (Å²) in [5.41, 5.74) is 6.05. The number of hydrogen-bond acceptors (Lipinski definition) is 3. The van der Waals surface area contributed by atoms with E-state index >= 15 is 0 Å². The fraction of sp³-hybridized carbons (Fsp3) is 0.938. The van der Waals surface area contributed by atoms with Gasteiger partial charge in [0, 0.05) is 38.8 Å². The van der Waals surface area contributed by atoms with Crippen molar-refractivity contribution in [1.82, 2.24) is 4.90 Å². The number of rotatable bonds is 4. The summed E-state index contributed by atoms with van der Waals surface area (Å²) in [6.07, 6.45) is 6.65. The molecule has 0 aromatic heterocycles. The average molecular weight is 282 g/mol. The second-order valence-electron chi connectivity index (χ2n) is 6.70. The van der Waals surface area contributed by atoms with Crippen molar-refractivity contribution in [1.29, 1.82) is 0 Å². The van der Waals surface area contributed by atoms with Crippen LogP contribution in [0, 0.1) is 17.8 Å². The first-order valence-electron chi connectivity index (χ1n) is 8.15. The maximum atomic E-state index is 12.6. The van der Waals surface area contributed by atoms with E-state index in [1.54, 1.807) is 7.11 Å². The molecule has 0 spiro atoms. The Morgan fingerprint density at radius 3 is 2.60 bits per heavy atom. The molecule has 2 aliphatic rings. The standard InChI is InChI=1S/C16H30N2O2/c1-12(14-4-3-5-15(17)10-14)16(19)18-8-6-13(7-9-18)11-20-2/h12-15H,3-11,17H2,1-2H3. The second-order valence-corrected chi connectivity index (χ2v) is 6.70. The first-order valence-corrected chi connectivity index (χ1v) is 8.15. The van der Waals surface area contributed by atoms with Gasteiger partial charge in [-0.15, -0.1) is 0 Å². The van der Waals surface area contributed by atoms with E-state index in [0.29, 0.717) is 23.8 Å². The molecular formula is C16H30N2O2. The van der Waals surface area contributed by atoms with Gasteiger partial charge in [-0.1, -0.05) is 13.3 Å². The molecule has 2 rings (SSSR count). The predicted octanol–water partition coefficient (Wildman–Crippen LogP) is 2.02. The molecule has 1 amide bonds. The summed E-state index contributed by atoms with van der Waals surface area (Å²) in [6, 6.07) is 0.302. The Balaban J connectivity index is 1.82. The van der Waals surface area contributed by atoms with Crippen LogP contribution >= 0.6 is 0 Å². The summed E-state index contributed by atoms with van der Waals surface area (Å²) < 4.78 is 5.21. The van der Waals surface area contributed by atoms with E-state index in [1.165, 1.54) is 12.8 Å². The Morgan fingerprint density at radius 2 is 2.00 bits per heavy atom. The molecule has 20 heavy (non-hydrogen) atoms. The zero-order chi connectivity index (χ0) is 14.5. The molecule has 1 aliphatic heterocycles. The molecule has 116 valence electrons. The molecule has 0 aromatic carbocycles. The number of piperidine rings is 1. The highest BCUT2D eigenvalue weighted by Crippen LogP contribution is 2.31. The van der Waals surface area contributed by atoms with E-state index in [-0.39, 0.29) is 5.92 Å². The lowest BCUT2D eigenvalue weighted by Crippen LogP contribution is -2.44. The predicted molar refractivity (Wildman–Crippen MR) is 80.3 cm³/mol. The highest BCUT2D eigenvalue weighted by molar-refractivity contribution is 5.78. The Morgan fingerprint density at radius 1 is 1.30 bits per heavy atom.